The van der Waals surface area contributed by atoms with Gasteiger partial charge in [0.2, 0.25) is 0 Å². The second kappa shape index (κ2) is 6.43. The van der Waals surface area contributed by atoms with E-state index in [0.29, 0.717) is 17.5 Å². The Bertz CT molecular complexity index is 701. The highest BCUT2D eigenvalue weighted by molar-refractivity contribution is 5.94. The van der Waals surface area contributed by atoms with Crippen molar-refractivity contribution in [2.24, 2.45) is 0 Å². The number of imidazole rings is 1. The fraction of sp³-hybridized carbons (Fsp3) is 0.556. The van der Waals surface area contributed by atoms with Crippen LogP contribution >= 0.6 is 0 Å². The van der Waals surface area contributed by atoms with Gasteiger partial charge in [-0.05, 0) is 32.3 Å². The first-order valence-corrected chi connectivity index (χ1v) is 8.67. The molecule has 4 rings (SSSR count). The fourth-order valence-corrected chi connectivity index (χ4v) is 3.90. The first kappa shape index (κ1) is 15.4. The molecule has 2 aliphatic heterocycles. The van der Waals surface area contributed by atoms with Gasteiger partial charge in [-0.25, -0.2) is 4.98 Å². The van der Waals surface area contributed by atoms with Crippen molar-refractivity contribution >= 4 is 5.91 Å². The molecule has 0 aromatic carbocycles. The molecule has 0 radical (unpaired) electrons. The van der Waals surface area contributed by atoms with Gasteiger partial charge in [0, 0.05) is 44.1 Å². The Morgan fingerprint density at radius 3 is 2.88 bits per heavy atom. The molecular formula is C18H23N3O3. The average Bonchev–Trinajstić information content (AvgIpc) is 3.35. The molecule has 2 saturated heterocycles. The third-order valence-electron chi connectivity index (χ3n) is 5.18. The first-order valence-electron chi connectivity index (χ1n) is 8.67. The van der Waals surface area contributed by atoms with Gasteiger partial charge < -0.3 is 18.6 Å². The lowest BCUT2D eigenvalue weighted by Gasteiger charge is -2.26. The SMILES string of the molecule is Cc1cnc(C2CCOCC2)n1C1CCN(C(=O)c2ccoc2)C1. The van der Waals surface area contributed by atoms with Crippen molar-refractivity contribution in [3.8, 4) is 0 Å². The van der Waals surface area contributed by atoms with Crippen molar-refractivity contribution in [1.29, 1.82) is 0 Å². The van der Waals surface area contributed by atoms with E-state index in [-0.39, 0.29) is 5.91 Å². The maximum atomic E-state index is 12.5. The molecule has 2 aromatic rings. The maximum Gasteiger partial charge on any atom is 0.257 e. The predicted molar refractivity (Wildman–Crippen MR) is 88.0 cm³/mol. The van der Waals surface area contributed by atoms with E-state index < -0.39 is 0 Å². The molecule has 0 saturated carbocycles. The van der Waals surface area contributed by atoms with E-state index in [0.717, 1.165) is 45.6 Å². The Labute approximate surface area is 141 Å². The van der Waals surface area contributed by atoms with Gasteiger partial charge in [0.25, 0.3) is 5.91 Å². The summed E-state index contributed by atoms with van der Waals surface area (Å²) < 4.78 is 12.9. The quantitative estimate of drug-likeness (QED) is 0.869. The lowest BCUT2D eigenvalue weighted by molar-refractivity contribution is 0.0783. The highest BCUT2D eigenvalue weighted by Crippen LogP contribution is 2.32. The molecule has 0 N–H and O–H groups in total. The van der Waals surface area contributed by atoms with E-state index in [9.17, 15) is 4.79 Å². The fourth-order valence-electron chi connectivity index (χ4n) is 3.90. The monoisotopic (exact) mass is 329 g/mol. The molecule has 1 amide bonds. The van der Waals surface area contributed by atoms with E-state index in [4.69, 9.17) is 14.1 Å². The number of ether oxygens (including phenoxy) is 1. The van der Waals surface area contributed by atoms with Gasteiger partial charge in [-0.1, -0.05) is 0 Å². The van der Waals surface area contributed by atoms with Crippen LogP contribution < -0.4 is 0 Å². The molecule has 1 unspecified atom stereocenters. The smallest absolute Gasteiger partial charge is 0.257 e. The Hall–Kier alpha value is -2.08. The van der Waals surface area contributed by atoms with E-state index >= 15 is 0 Å². The van der Waals surface area contributed by atoms with E-state index in [2.05, 4.69) is 11.5 Å². The molecular weight excluding hydrogens is 306 g/mol. The van der Waals surface area contributed by atoms with E-state index in [1.165, 1.54) is 17.8 Å². The number of hydrogen-bond acceptors (Lipinski definition) is 4. The lowest BCUT2D eigenvalue weighted by atomic mass is 9.99. The molecule has 24 heavy (non-hydrogen) atoms. The summed E-state index contributed by atoms with van der Waals surface area (Å²) in [6.45, 7) is 5.24. The summed E-state index contributed by atoms with van der Waals surface area (Å²) in [6.07, 6.45) is 8.06. The second-order valence-corrected chi connectivity index (χ2v) is 6.72. The molecule has 6 heteroatoms. The largest absolute Gasteiger partial charge is 0.472 e. The highest BCUT2D eigenvalue weighted by Gasteiger charge is 2.32. The van der Waals surface area contributed by atoms with Gasteiger partial charge in [0.05, 0.1) is 17.9 Å². The molecule has 4 heterocycles. The molecule has 2 fully saturated rings. The molecule has 1 atom stereocenters. The number of carbonyl (C=O) groups is 1. The lowest BCUT2D eigenvalue weighted by Crippen LogP contribution is -2.29. The normalized spacial score (nSPS) is 22.2. The van der Waals surface area contributed by atoms with Crippen molar-refractivity contribution in [3.63, 3.8) is 0 Å². The summed E-state index contributed by atoms with van der Waals surface area (Å²) in [5.41, 5.74) is 1.81. The molecule has 0 aliphatic carbocycles. The third kappa shape index (κ3) is 2.75. The summed E-state index contributed by atoms with van der Waals surface area (Å²) in [6, 6.07) is 2.03. The summed E-state index contributed by atoms with van der Waals surface area (Å²) in [7, 11) is 0. The van der Waals surface area contributed by atoms with Gasteiger partial charge in [-0.15, -0.1) is 0 Å². The topological polar surface area (TPSA) is 60.5 Å². The number of amides is 1. The van der Waals surface area contributed by atoms with Crippen molar-refractivity contribution in [3.05, 3.63) is 41.9 Å². The van der Waals surface area contributed by atoms with Crippen LogP contribution in [0.15, 0.2) is 29.2 Å². The minimum atomic E-state index is 0.0524. The third-order valence-corrected chi connectivity index (χ3v) is 5.18. The summed E-state index contributed by atoms with van der Waals surface area (Å²) in [4.78, 5) is 19.1. The minimum Gasteiger partial charge on any atom is -0.472 e. The van der Waals surface area contributed by atoms with Gasteiger partial charge in [0.1, 0.15) is 12.1 Å². The van der Waals surface area contributed by atoms with Crippen LogP contribution in [-0.2, 0) is 4.74 Å². The van der Waals surface area contributed by atoms with Crippen LogP contribution in [0.5, 0.6) is 0 Å². The van der Waals surface area contributed by atoms with Crippen molar-refractivity contribution < 1.29 is 13.9 Å². The molecule has 128 valence electrons. The standard InChI is InChI=1S/C18H23N3O3/c1-13-10-19-17(14-3-7-23-8-4-14)21(13)16-2-6-20(11-16)18(22)15-5-9-24-12-15/h5,9-10,12,14,16H,2-4,6-8,11H2,1H3. The summed E-state index contributed by atoms with van der Waals surface area (Å²) in [5.74, 6) is 1.68. The number of rotatable bonds is 3. The van der Waals surface area contributed by atoms with Crippen LogP contribution in [0.3, 0.4) is 0 Å². The molecule has 0 spiro atoms. The number of furan rings is 1. The Kier molecular flexibility index (Phi) is 4.14. The summed E-state index contributed by atoms with van der Waals surface area (Å²) >= 11 is 0. The highest BCUT2D eigenvalue weighted by atomic mass is 16.5. The van der Waals surface area contributed by atoms with Crippen molar-refractivity contribution in [2.45, 2.75) is 38.1 Å². The molecule has 0 bridgehead atoms. The van der Waals surface area contributed by atoms with Crippen LogP contribution in [0, 0.1) is 6.92 Å². The predicted octanol–water partition coefficient (Wildman–Crippen LogP) is 2.77. The van der Waals surface area contributed by atoms with Gasteiger partial charge in [-0.2, -0.15) is 0 Å². The van der Waals surface area contributed by atoms with Crippen LogP contribution in [0.1, 0.15) is 53.1 Å². The molecule has 6 nitrogen and oxygen atoms in total. The van der Waals surface area contributed by atoms with Crippen LogP contribution in [0.2, 0.25) is 0 Å². The van der Waals surface area contributed by atoms with Crippen molar-refractivity contribution in [1.82, 2.24) is 14.5 Å². The Balaban J connectivity index is 1.53. The number of hydrogen-bond donors (Lipinski definition) is 0. The molecule has 2 aromatic heterocycles. The van der Waals surface area contributed by atoms with Crippen LogP contribution in [0.4, 0.5) is 0 Å². The van der Waals surface area contributed by atoms with Crippen LogP contribution in [-0.4, -0.2) is 46.7 Å². The zero-order valence-electron chi connectivity index (χ0n) is 14.0. The number of nitrogens with zero attached hydrogens (tertiary/aromatic N) is 3. The zero-order valence-corrected chi connectivity index (χ0v) is 14.0. The number of likely N-dealkylation sites (tertiary alicyclic amines) is 1. The van der Waals surface area contributed by atoms with Crippen LogP contribution in [0.25, 0.3) is 0 Å². The Morgan fingerprint density at radius 1 is 1.29 bits per heavy atom. The van der Waals surface area contributed by atoms with E-state index in [1.54, 1.807) is 12.3 Å². The number of aryl methyl sites for hydroxylation is 1. The zero-order chi connectivity index (χ0) is 16.5. The number of carbonyl (C=O) groups excluding carboxylic acids is 1. The van der Waals surface area contributed by atoms with Gasteiger partial charge >= 0.3 is 0 Å². The first-order chi connectivity index (χ1) is 11.7. The van der Waals surface area contributed by atoms with Gasteiger partial charge in [0.15, 0.2) is 0 Å². The number of aromatic nitrogens is 2. The Morgan fingerprint density at radius 2 is 2.12 bits per heavy atom. The maximum absolute atomic E-state index is 12.5. The molecule has 2 aliphatic rings. The minimum absolute atomic E-state index is 0.0524. The van der Waals surface area contributed by atoms with E-state index in [1.807, 2.05) is 11.1 Å². The second-order valence-electron chi connectivity index (χ2n) is 6.72. The average molecular weight is 329 g/mol. The van der Waals surface area contributed by atoms with Gasteiger partial charge in [-0.3, -0.25) is 4.79 Å². The summed E-state index contributed by atoms with van der Waals surface area (Å²) in [5, 5.41) is 0. The van der Waals surface area contributed by atoms with Crippen molar-refractivity contribution in [2.75, 3.05) is 26.3 Å².